The molecule has 1 heterocycles. The summed E-state index contributed by atoms with van der Waals surface area (Å²) in [6.45, 7) is 5.31. The molecule has 0 radical (unpaired) electrons. The Morgan fingerprint density at radius 1 is 1.35 bits per heavy atom. The predicted molar refractivity (Wildman–Crippen MR) is 94.9 cm³/mol. The van der Waals surface area contributed by atoms with Gasteiger partial charge in [0.05, 0.1) is 16.0 Å². The van der Waals surface area contributed by atoms with Crippen LogP contribution < -0.4 is 10.1 Å². The Hall–Kier alpha value is -0.590. The zero-order valence-corrected chi connectivity index (χ0v) is 15.0. The molecule has 20 heavy (non-hydrogen) atoms. The van der Waals surface area contributed by atoms with Gasteiger partial charge in [-0.05, 0) is 65.6 Å². The molecule has 1 atom stereocenters. The highest BCUT2D eigenvalue weighted by molar-refractivity contribution is 14.1. The lowest BCUT2D eigenvalue weighted by Crippen LogP contribution is -2.23. The average Bonchev–Trinajstić information content (AvgIpc) is 2.86. The van der Waals surface area contributed by atoms with E-state index in [1.807, 2.05) is 0 Å². The Labute approximate surface area is 138 Å². The zero-order chi connectivity index (χ0) is 14.5. The number of ether oxygens (including phenoxy) is 1. The second-order valence-corrected chi connectivity index (χ2v) is 7.62. The van der Waals surface area contributed by atoms with Gasteiger partial charge in [-0.15, -0.1) is 11.3 Å². The van der Waals surface area contributed by atoms with Gasteiger partial charge >= 0.3 is 0 Å². The van der Waals surface area contributed by atoms with Crippen LogP contribution in [0, 0.1) is 9.81 Å². The van der Waals surface area contributed by atoms with Crippen LogP contribution in [0.4, 0.5) is 0 Å². The van der Waals surface area contributed by atoms with Gasteiger partial charge in [-0.1, -0.05) is 24.6 Å². The highest BCUT2D eigenvalue weighted by Gasteiger charge is 2.19. The second kappa shape index (κ2) is 7.43. The lowest BCUT2D eigenvalue weighted by Gasteiger charge is -2.21. The summed E-state index contributed by atoms with van der Waals surface area (Å²) in [5, 5.41) is 5.87. The molecule has 0 bridgehead atoms. The van der Waals surface area contributed by atoms with E-state index in [1.54, 1.807) is 18.4 Å². The normalized spacial score (nSPS) is 12.4. The standard InChI is InChI=1S/C16H20INOS/c1-4-7-18-16(12-9-15(17)20-10-12)13-8-11(2)5-6-14(13)19-3/h5-6,8-10,16,18H,4,7H2,1-3H3. The molecule has 0 aliphatic carbocycles. The highest BCUT2D eigenvalue weighted by Crippen LogP contribution is 2.33. The van der Waals surface area contributed by atoms with Gasteiger partial charge in [0.1, 0.15) is 5.75 Å². The summed E-state index contributed by atoms with van der Waals surface area (Å²) in [5.74, 6) is 0.949. The molecule has 1 unspecified atom stereocenters. The van der Waals surface area contributed by atoms with E-state index in [1.165, 1.54) is 19.6 Å². The van der Waals surface area contributed by atoms with Crippen molar-refractivity contribution in [3.05, 3.63) is 49.2 Å². The minimum Gasteiger partial charge on any atom is -0.496 e. The molecule has 0 aliphatic rings. The molecule has 0 spiro atoms. The van der Waals surface area contributed by atoms with Gasteiger partial charge in [-0.2, -0.15) is 0 Å². The van der Waals surface area contributed by atoms with Crippen molar-refractivity contribution < 1.29 is 4.74 Å². The fraction of sp³-hybridized carbons (Fsp3) is 0.375. The first-order valence-electron chi connectivity index (χ1n) is 6.77. The molecule has 108 valence electrons. The van der Waals surface area contributed by atoms with Crippen molar-refractivity contribution in [2.45, 2.75) is 26.3 Å². The van der Waals surface area contributed by atoms with Crippen molar-refractivity contribution in [3.8, 4) is 5.75 Å². The summed E-state index contributed by atoms with van der Waals surface area (Å²) in [5.41, 5.74) is 3.79. The Bertz CT molecular complexity index is 567. The van der Waals surface area contributed by atoms with Crippen molar-refractivity contribution in [1.82, 2.24) is 5.32 Å². The molecule has 0 saturated heterocycles. The number of thiophene rings is 1. The summed E-state index contributed by atoms with van der Waals surface area (Å²) in [6, 6.07) is 8.82. The van der Waals surface area contributed by atoms with Crippen molar-refractivity contribution >= 4 is 33.9 Å². The van der Waals surface area contributed by atoms with Gasteiger partial charge in [-0.3, -0.25) is 0 Å². The number of rotatable bonds is 6. The number of hydrogen-bond donors (Lipinski definition) is 1. The molecule has 1 aromatic carbocycles. The fourth-order valence-corrected chi connectivity index (χ4v) is 3.65. The third-order valence-electron chi connectivity index (χ3n) is 3.22. The molecule has 1 N–H and O–H groups in total. The van der Waals surface area contributed by atoms with Gasteiger partial charge in [0, 0.05) is 5.56 Å². The van der Waals surface area contributed by atoms with Crippen LogP contribution in [-0.2, 0) is 0 Å². The largest absolute Gasteiger partial charge is 0.496 e. The second-order valence-electron chi connectivity index (χ2n) is 4.82. The topological polar surface area (TPSA) is 21.3 Å². The van der Waals surface area contributed by atoms with E-state index in [-0.39, 0.29) is 6.04 Å². The molecule has 4 heteroatoms. The predicted octanol–water partition coefficient (Wildman–Crippen LogP) is 4.76. The van der Waals surface area contributed by atoms with Crippen LogP contribution >= 0.6 is 33.9 Å². The van der Waals surface area contributed by atoms with Crippen LogP contribution in [0.25, 0.3) is 0 Å². The van der Waals surface area contributed by atoms with Crippen LogP contribution in [0.5, 0.6) is 5.75 Å². The fourth-order valence-electron chi connectivity index (χ4n) is 2.25. The summed E-state index contributed by atoms with van der Waals surface area (Å²) in [7, 11) is 1.74. The summed E-state index contributed by atoms with van der Waals surface area (Å²) >= 11 is 4.16. The lowest BCUT2D eigenvalue weighted by atomic mass is 9.98. The zero-order valence-electron chi connectivity index (χ0n) is 12.1. The molecule has 2 aromatic rings. The van der Waals surface area contributed by atoms with E-state index in [9.17, 15) is 0 Å². The van der Waals surface area contributed by atoms with Crippen LogP contribution in [0.1, 0.15) is 36.1 Å². The van der Waals surface area contributed by atoms with E-state index in [0.717, 1.165) is 18.7 Å². The van der Waals surface area contributed by atoms with Gasteiger partial charge in [0.2, 0.25) is 0 Å². The SMILES string of the molecule is CCCNC(c1csc(I)c1)c1cc(C)ccc1OC. The first kappa shape index (κ1) is 15.8. The molecular formula is C16H20INOS. The molecule has 1 aromatic heterocycles. The average molecular weight is 401 g/mol. The Balaban J connectivity index is 2.42. The van der Waals surface area contributed by atoms with E-state index in [2.05, 4.69) is 71.4 Å². The van der Waals surface area contributed by atoms with E-state index in [4.69, 9.17) is 4.74 Å². The minimum atomic E-state index is 0.199. The summed E-state index contributed by atoms with van der Waals surface area (Å²) in [4.78, 5) is 0. The number of halogens is 1. The number of hydrogen-bond acceptors (Lipinski definition) is 3. The Morgan fingerprint density at radius 2 is 2.15 bits per heavy atom. The summed E-state index contributed by atoms with van der Waals surface area (Å²) < 4.78 is 6.86. The molecule has 0 aliphatic heterocycles. The van der Waals surface area contributed by atoms with Crippen molar-refractivity contribution in [2.24, 2.45) is 0 Å². The van der Waals surface area contributed by atoms with Gasteiger partial charge in [0.25, 0.3) is 0 Å². The van der Waals surface area contributed by atoms with E-state index >= 15 is 0 Å². The number of nitrogens with one attached hydrogen (secondary N) is 1. The third-order valence-corrected chi connectivity index (χ3v) is 5.02. The van der Waals surface area contributed by atoms with Crippen molar-refractivity contribution in [3.63, 3.8) is 0 Å². The first-order valence-corrected chi connectivity index (χ1v) is 8.73. The molecular weight excluding hydrogens is 381 g/mol. The monoisotopic (exact) mass is 401 g/mol. The molecule has 0 amide bonds. The maximum Gasteiger partial charge on any atom is 0.123 e. The number of aryl methyl sites for hydroxylation is 1. The van der Waals surface area contributed by atoms with Gasteiger partial charge < -0.3 is 10.1 Å². The van der Waals surface area contributed by atoms with Gasteiger partial charge in [-0.25, -0.2) is 0 Å². The quantitative estimate of drug-likeness (QED) is 0.705. The Kier molecular flexibility index (Phi) is 5.86. The van der Waals surface area contributed by atoms with Crippen molar-refractivity contribution in [2.75, 3.05) is 13.7 Å². The Morgan fingerprint density at radius 3 is 2.75 bits per heavy atom. The molecule has 2 rings (SSSR count). The van der Waals surface area contributed by atoms with Gasteiger partial charge in [0.15, 0.2) is 0 Å². The number of methoxy groups -OCH3 is 1. The van der Waals surface area contributed by atoms with E-state index < -0.39 is 0 Å². The molecule has 0 fully saturated rings. The smallest absolute Gasteiger partial charge is 0.123 e. The van der Waals surface area contributed by atoms with Crippen molar-refractivity contribution in [1.29, 1.82) is 0 Å². The molecule has 2 nitrogen and oxygen atoms in total. The maximum absolute atomic E-state index is 5.55. The van der Waals surface area contributed by atoms with Crippen LogP contribution in [0.3, 0.4) is 0 Å². The first-order chi connectivity index (χ1) is 9.65. The summed E-state index contributed by atoms with van der Waals surface area (Å²) in [6.07, 6.45) is 1.12. The maximum atomic E-state index is 5.55. The minimum absolute atomic E-state index is 0.199. The third kappa shape index (κ3) is 3.74. The number of benzene rings is 1. The van der Waals surface area contributed by atoms with Crippen LogP contribution in [-0.4, -0.2) is 13.7 Å². The highest BCUT2D eigenvalue weighted by atomic mass is 127. The van der Waals surface area contributed by atoms with Crippen LogP contribution in [0.2, 0.25) is 0 Å². The van der Waals surface area contributed by atoms with E-state index in [0.29, 0.717) is 0 Å². The molecule has 0 saturated carbocycles. The lowest BCUT2D eigenvalue weighted by molar-refractivity contribution is 0.403. The van der Waals surface area contributed by atoms with Crippen LogP contribution in [0.15, 0.2) is 29.6 Å².